The van der Waals surface area contributed by atoms with E-state index in [9.17, 15) is 18.0 Å². The van der Waals surface area contributed by atoms with Gasteiger partial charge in [0.15, 0.2) is 5.78 Å². The van der Waals surface area contributed by atoms with Crippen LogP contribution in [0.1, 0.15) is 41.6 Å². The molecule has 0 aliphatic carbocycles. The number of rotatable bonds is 9. The van der Waals surface area contributed by atoms with Gasteiger partial charge in [-0.3, -0.25) is 14.6 Å². The zero-order valence-electron chi connectivity index (χ0n) is 22.4. The van der Waals surface area contributed by atoms with Crippen molar-refractivity contribution in [2.45, 2.75) is 43.0 Å². The van der Waals surface area contributed by atoms with E-state index in [-0.39, 0.29) is 29.6 Å². The number of ether oxygens (including phenoxy) is 1. The second-order valence-electron chi connectivity index (χ2n) is 10.4. The molecule has 0 saturated carbocycles. The van der Waals surface area contributed by atoms with Crippen molar-refractivity contribution < 1.29 is 22.7 Å². The molecular weight excluding hydrogens is 526 g/mol. The molecule has 2 aliphatic heterocycles. The van der Waals surface area contributed by atoms with E-state index in [1.165, 1.54) is 4.31 Å². The van der Waals surface area contributed by atoms with Crippen LogP contribution in [0.25, 0.3) is 21.7 Å². The average Bonchev–Trinajstić information content (AvgIpc) is 3.26. The number of sulfonamides is 1. The summed E-state index contributed by atoms with van der Waals surface area (Å²) in [6.45, 7) is 1.40. The molecule has 0 bridgehead atoms. The lowest BCUT2D eigenvalue weighted by Gasteiger charge is -2.34. The van der Waals surface area contributed by atoms with Crippen molar-refractivity contribution in [3.05, 3.63) is 78.0 Å². The molecule has 6 rings (SSSR count). The summed E-state index contributed by atoms with van der Waals surface area (Å²) in [4.78, 5) is 33.3. The number of benzene rings is 3. The number of methoxy groups -OCH3 is 1. The monoisotopic (exact) mass is 557 g/mol. The molecule has 0 N–H and O–H groups in total. The SMILES string of the molecule is COCCCN1C(=O)c2cccc3c(CC(=O)C4CCCCN4S(=O)(=O)c4cccc5cccnc45)ccc1c23. The molecule has 2 aliphatic rings. The second-order valence-corrected chi connectivity index (χ2v) is 12.2. The van der Waals surface area contributed by atoms with E-state index >= 15 is 0 Å². The van der Waals surface area contributed by atoms with Gasteiger partial charge in [0.1, 0.15) is 4.90 Å². The highest BCUT2D eigenvalue weighted by molar-refractivity contribution is 7.89. The van der Waals surface area contributed by atoms with Gasteiger partial charge in [-0.1, -0.05) is 42.8 Å². The van der Waals surface area contributed by atoms with Crippen LogP contribution < -0.4 is 4.90 Å². The van der Waals surface area contributed by atoms with Gasteiger partial charge in [-0.15, -0.1) is 0 Å². The third-order valence-corrected chi connectivity index (χ3v) is 9.92. The van der Waals surface area contributed by atoms with Crippen LogP contribution in [0.5, 0.6) is 0 Å². The van der Waals surface area contributed by atoms with Gasteiger partial charge in [0.2, 0.25) is 10.0 Å². The van der Waals surface area contributed by atoms with Crippen molar-refractivity contribution in [3.63, 3.8) is 0 Å². The average molecular weight is 558 g/mol. The topological polar surface area (TPSA) is 96.9 Å². The van der Waals surface area contributed by atoms with Crippen molar-refractivity contribution in [1.82, 2.24) is 9.29 Å². The third kappa shape index (κ3) is 4.48. The molecular formula is C31H31N3O5S. The maximum atomic E-state index is 13.9. The molecule has 3 aromatic carbocycles. The number of ketones is 1. The first-order valence-corrected chi connectivity index (χ1v) is 15.1. The predicted molar refractivity (Wildman–Crippen MR) is 154 cm³/mol. The molecule has 8 nitrogen and oxygen atoms in total. The maximum Gasteiger partial charge on any atom is 0.258 e. The number of Topliss-reactive ketones (excluding diaryl/α,β-unsaturated/α-hetero) is 1. The molecule has 40 heavy (non-hydrogen) atoms. The Balaban J connectivity index is 1.32. The molecule has 206 valence electrons. The van der Waals surface area contributed by atoms with Crippen LogP contribution >= 0.6 is 0 Å². The number of carbonyl (C=O) groups excluding carboxylic acids is 2. The fraction of sp³-hybridized carbons (Fsp3) is 0.323. The van der Waals surface area contributed by atoms with Crippen molar-refractivity contribution in [2.75, 3.05) is 31.7 Å². The molecule has 3 heterocycles. The normalized spacial score (nSPS) is 17.7. The van der Waals surface area contributed by atoms with Crippen LogP contribution in [-0.4, -0.2) is 62.2 Å². The summed E-state index contributed by atoms with van der Waals surface area (Å²) in [5.41, 5.74) is 2.68. The van der Waals surface area contributed by atoms with Gasteiger partial charge in [0.05, 0.1) is 17.2 Å². The highest BCUT2D eigenvalue weighted by atomic mass is 32.2. The van der Waals surface area contributed by atoms with Crippen molar-refractivity contribution in [3.8, 4) is 0 Å². The lowest BCUT2D eigenvalue weighted by Crippen LogP contribution is -2.48. The largest absolute Gasteiger partial charge is 0.385 e. The van der Waals surface area contributed by atoms with Gasteiger partial charge >= 0.3 is 0 Å². The fourth-order valence-corrected chi connectivity index (χ4v) is 7.93. The van der Waals surface area contributed by atoms with Crippen LogP contribution in [0.2, 0.25) is 0 Å². The molecule has 0 radical (unpaired) electrons. The molecule has 1 aromatic heterocycles. The summed E-state index contributed by atoms with van der Waals surface area (Å²) in [6, 6.07) is 17.4. The summed E-state index contributed by atoms with van der Waals surface area (Å²) in [7, 11) is -2.32. The number of aromatic nitrogens is 1. The van der Waals surface area contributed by atoms with Gasteiger partial charge in [-0.2, -0.15) is 4.31 Å². The number of hydrogen-bond donors (Lipinski definition) is 0. The Bertz CT molecular complexity index is 1730. The summed E-state index contributed by atoms with van der Waals surface area (Å²) in [6.07, 6.45) is 4.34. The van der Waals surface area contributed by atoms with Crippen LogP contribution in [0.4, 0.5) is 5.69 Å². The predicted octanol–water partition coefficient (Wildman–Crippen LogP) is 4.74. The van der Waals surface area contributed by atoms with E-state index in [2.05, 4.69) is 4.98 Å². The number of nitrogens with zero attached hydrogens (tertiary/aromatic N) is 3. The van der Waals surface area contributed by atoms with Gasteiger partial charge in [-0.25, -0.2) is 8.42 Å². The Morgan fingerprint density at radius 1 is 1.05 bits per heavy atom. The summed E-state index contributed by atoms with van der Waals surface area (Å²) in [5.74, 6) is -0.188. The highest BCUT2D eigenvalue weighted by Crippen LogP contribution is 2.39. The van der Waals surface area contributed by atoms with Crippen LogP contribution in [0.15, 0.2) is 71.8 Å². The number of anilines is 1. The first-order valence-electron chi connectivity index (χ1n) is 13.7. The smallest absolute Gasteiger partial charge is 0.258 e. The molecule has 1 unspecified atom stereocenters. The van der Waals surface area contributed by atoms with E-state index in [0.29, 0.717) is 37.1 Å². The molecule has 1 atom stereocenters. The summed E-state index contributed by atoms with van der Waals surface area (Å²) >= 11 is 0. The fourth-order valence-electron chi connectivity index (χ4n) is 6.08. The Labute approximate surface area is 233 Å². The zero-order chi connectivity index (χ0) is 27.9. The summed E-state index contributed by atoms with van der Waals surface area (Å²) in [5, 5.41) is 2.45. The first-order chi connectivity index (χ1) is 19.4. The van der Waals surface area contributed by atoms with Crippen LogP contribution in [-0.2, 0) is 26.0 Å². The molecule has 1 amide bonds. The molecule has 9 heteroatoms. The lowest BCUT2D eigenvalue weighted by atomic mass is 9.93. The second kappa shape index (κ2) is 10.7. The van der Waals surface area contributed by atoms with Crippen molar-refractivity contribution in [2.24, 2.45) is 0 Å². The third-order valence-electron chi connectivity index (χ3n) is 7.98. The number of piperidine rings is 1. The van der Waals surface area contributed by atoms with E-state index in [1.807, 2.05) is 42.5 Å². The van der Waals surface area contributed by atoms with E-state index in [0.717, 1.165) is 40.3 Å². The molecule has 1 fully saturated rings. The highest BCUT2D eigenvalue weighted by Gasteiger charge is 2.39. The Kier molecular flexibility index (Phi) is 7.12. The summed E-state index contributed by atoms with van der Waals surface area (Å²) < 4.78 is 34.4. The minimum absolute atomic E-state index is 0.0478. The van der Waals surface area contributed by atoms with Gasteiger partial charge < -0.3 is 9.64 Å². The van der Waals surface area contributed by atoms with Crippen molar-refractivity contribution in [1.29, 1.82) is 0 Å². The molecule has 4 aromatic rings. The Hall–Kier alpha value is -3.66. The molecule has 0 spiro atoms. The van der Waals surface area contributed by atoms with Gasteiger partial charge in [0, 0.05) is 55.8 Å². The Morgan fingerprint density at radius 3 is 2.73 bits per heavy atom. The lowest BCUT2D eigenvalue weighted by molar-refractivity contribution is -0.122. The van der Waals surface area contributed by atoms with E-state index in [4.69, 9.17) is 4.74 Å². The minimum Gasteiger partial charge on any atom is -0.385 e. The van der Waals surface area contributed by atoms with E-state index in [1.54, 1.807) is 36.4 Å². The number of hydrogen-bond acceptors (Lipinski definition) is 6. The van der Waals surface area contributed by atoms with Gasteiger partial charge in [-0.05, 0) is 54.5 Å². The van der Waals surface area contributed by atoms with Gasteiger partial charge in [0.25, 0.3) is 5.91 Å². The standard InChI is InChI=1S/C31H31N3O5S/c1-39-19-7-17-33-26-15-14-22(23-10-5-11-24(29(23)26)31(33)36)20-27(35)25-12-2-3-18-34(25)40(37,38)28-13-4-8-21-9-6-16-32-30(21)28/h4-6,8-11,13-16,25H,2-3,7,12,17-20H2,1H3. The number of carbonyl (C=O) groups is 2. The Morgan fingerprint density at radius 2 is 1.88 bits per heavy atom. The van der Waals surface area contributed by atoms with Crippen molar-refractivity contribution >= 4 is 49.1 Å². The number of pyridine rings is 1. The maximum absolute atomic E-state index is 13.9. The number of para-hydroxylation sites is 1. The first kappa shape index (κ1) is 26.6. The minimum atomic E-state index is -3.96. The molecule has 1 saturated heterocycles. The van der Waals surface area contributed by atoms with Crippen LogP contribution in [0.3, 0.4) is 0 Å². The number of amides is 1. The van der Waals surface area contributed by atoms with Crippen LogP contribution in [0, 0.1) is 0 Å². The number of fused-ring (bicyclic) bond motifs is 1. The van der Waals surface area contributed by atoms with E-state index < -0.39 is 16.1 Å². The quantitative estimate of drug-likeness (QED) is 0.276. The zero-order valence-corrected chi connectivity index (χ0v) is 23.2.